The Morgan fingerprint density at radius 2 is 0.514 bits per heavy atom. The number of nitrogens with zero attached hydrogens (tertiary/aromatic N) is 1. The van der Waals surface area contributed by atoms with Crippen molar-refractivity contribution in [2.75, 3.05) is 26.7 Å². The molecule has 226 valence electrons. The minimum atomic E-state index is -6.00. The van der Waals surface area contributed by atoms with Crippen LogP contribution in [0.4, 0.5) is 17.3 Å². The maximum atomic E-state index is 9.75. The minimum Gasteiger partial charge on any atom is -0.418 e. The fourth-order valence-electron chi connectivity index (χ4n) is 5.22. The van der Waals surface area contributed by atoms with Crippen LogP contribution in [0.2, 0.25) is 0 Å². The fraction of sp³-hybridized carbons (Fsp3) is 1.00. The Bertz CT molecular complexity index is 376. The normalized spacial score (nSPS) is 12.0. The van der Waals surface area contributed by atoms with E-state index < -0.39 is 7.25 Å². The molecule has 0 radical (unpaired) electrons. The molecule has 0 spiro atoms. The van der Waals surface area contributed by atoms with Gasteiger partial charge in [0.1, 0.15) is 0 Å². The van der Waals surface area contributed by atoms with Gasteiger partial charge >= 0.3 is 7.25 Å². The lowest BCUT2D eigenvalue weighted by Crippen LogP contribution is -2.46. The van der Waals surface area contributed by atoms with E-state index in [2.05, 4.69) is 27.8 Å². The van der Waals surface area contributed by atoms with Crippen LogP contribution in [0.1, 0.15) is 175 Å². The monoisotopic (exact) mass is 540 g/mol. The van der Waals surface area contributed by atoms with Crippen LogP contribution in [0.3, 0.4) is 0 Å². The van der Waals surface area contributed by atoms with E-state index in [1.165, 1.54) is 178 Å². The van der Waals surface area contributed by atoms with E-state index in [0.29, 0.717) is 0 Å². The molecule has 0 aromatic carbocycles. The lowest BCUT2D eigenvalue weighted by Gasteiger charge is -2.35. The van der Waals surface area contributed by atoms with Gasteiger partial charge in [0.05, 0.1) is 26.7 Å². The van der Waals surface area contributed by atoms with E-state index in [4.69, 9.17) is 0 Å². The average Bonchev–Trinajstić information content (AvgIpc) is 2.83. The predicted molar refractivity (Wildman–Crippen MR) is 159 cm³/mol. The van der Waals surface area contributed by atoms with Gasteiger partial charge in [-0.05, 0) is 38.5 Å². The van der Waals surface area contributed by atoms with Crippen LogP contribution in [0.25, 0.3) is 0 Å². The van der Waals surface area contributed by atoms with E-state index in [1.807, 2.05) is 0 Å². The summed E-state index contributed by atoms with van der Waals surface area (Å²) in [6.07, 6.45) is 34.8. The first kappa shape index (κ1) is 38.9. The second kappa shape index (κ2) is 28.7. The lowest BCUT2D eigenvalue weighted by molar-refractivity contribution is -0.910. The molecule has 0 unspecified atom stereocenters. The molecule has 0 heterocycles. The summed E-state index contributed by atoms with van der Waals surface area (Å²) >= 11 is 0. The van der Waals surface area contributed by atoms with Crippen LogP contribution in [-0.2, 0) is 0 Å². The molecular formula is C31H66BF4N. The Kier molecular flexibility index (Phi) is 30.2. The Morgan fingerprint density at radius 1 is 0.351 bits per heavy atom. The Morgan fingerprint density at radius 3 is 0.703 bits per heavy atom. The molecule has 0 fully saturated rings. The van der Waals surface area contributed by atoms with Crippen molar-refractivity contribution in [1.29, 1.82) is 0 Å². The SMILES string of the molecule is CCCCCCCCCC[N+](C)(CCCCCCCCCC)CCCCCCCCCC.F[B-](F)(F)F. The van der Waals surface area contributed by atoms with Crippen LogP contribution >= 0.6 is 0 Å². The van der Waals surface area contributed by atoms with Gasteiger partial charge < -0.3 is 21.7 Å². The van der Waals surface area contributed by atoms with E-state index in [-0.39, 0.29) is 0 Å². The van der Waals surface area contributed by atoms with Crippen LogP contribution in [0, 0.1) is 0 Å². The van der Waals surface area contributed by atoms with Crippen molar-refractivity contribution in [1.82, 2.24) is 0 Å². The van der Waals surface area contributed by atoms with Crippen molar-refractivity contribution in [3.63, 3.8) is 0 Å². The maximum Gasteiger partial charge on any atom is 0.673 e. The Labute approximate surface area is 230 Å². The molecule has 0 aromatic rings. The van der Waals surface area contributed by atoms with Crippen molar-refractivity contribution in [2.24, 2.45) is 0 Å². The Balaban J connectivity index is 0. The molecule has 0 aromatic heterocycles. The molecule has 1 nitrogen and oxygen atoms in total. The van der Waals surface area contributed by atoms with Gasteiger partial charge in [-0.3, -0.25) is 0 Å². The highest BCUT2D eigenvalue weighted by atomic mass is 19.5. The summed E-state index contributed by atoms with van der Waals surface area (Å²) in [6, 6.07) is 0. The third-order valence-electron chi connectivity index (χ3n) is 7.65. The highest BCUT2D eigenvalue weighted by Gasteiger charge is 2.21. The number of rotatable bonds is 27. The summed E-state index contributed by atoms with van der Waals surface area (Å²) < 4.78 is 40.4. The van der Waals surface area contributed by atoms with Crippen LogP contribution in [-0.4, -0.2) is 38.4 Å². The van der Waals surface area contributed by atoms with Gasteiger partial charge in [-0.15, -0.1) is 0 Å². The minimum absolute atomic E-state index is 1.36. The molecule has 0 aliphatic heterocycles. The topological polar surface area (TPSA) is 0 Å². The van der Waals surface area contributed by atoms with Crippen molar-refractivity contribution >= 4 is 7.25 Å². The van der Waals surface area contributed by atoms with Crippen molar-refractivity contribution in [3.05, 3.63) is 0 Å². The Hall–Kier alpha value is -0.255. The molecule has 0 aliphatic rings. The first-order valence-corrected chi connectivity index (χ1v) is 16.4. The third-order valence-corrected chi connectivity index (χ3v) is 7.65. The number of quaternary nitrogens is 1. The molecule has 0 aliphatic carbocycles. The second-order valence-corrected chi connectivity index (χ2v) is 11.7. The van der Waals surface area contributed by atoms with Gasteiger partial charge in [-0.25, -0.2) is 0 Å². The number of halogens is 4. The summed E-state index contributed by atoms with van der Waals surface area (Å²) in [4.78, 5) is 0. The predicted octanol–water partition coefficient (Wildman–Crippen LogP) is 12.2. The quantitative estimate of drug-likeness (QED) is 0.0421. The van der Waals surface area contributed by atoms with Crippen LogP contribution < -0.4 is 0 Å². The first-order valence-electron chi connectivity index (χ1n) is 16.4. The van der Waals surface area contributed by atoms with E-state index >= 15 is 0 Å². The van der Waals surface area contributed by atoms with E-state index in [1.54, 1.807) is 0 Å². The molecule has 0 saturated heterocycles. The van der Waals surface area contributed by atoms with Gasteiger partial charge in [-0.2, -0.15) is 0 Å². The van der Waals surface area contributed by atoms with Gasteiger partial charge in [0.15, 0.2) is 0 Å². The first-order chi connectivity index (χ1) is 17.7. The maximum absolute atomic E-state index is 9.75. The third kappa shape index (κ3) is 38.0. The highest BCUT2D eigenvalue weighted by molar-refractivity contribution is 6.50. The van der Waals surface area contributed by atoms with Gasteiger partial charge in [0.25, 0.3) is 0 Å². The van der Waals surface area contributed by atoms with E-state index in [0.717, 1.165) is 0 Å². The molecule has 0 rings (SSSR count). The van der Waals surface area contributed by atoms with Gasteiger partial charge in [0.2, 0.25) is 0 Å². The zero-order valence-electron chi connectivity index (χ0n) is 25.6. The van der Waals surface area contributed by atoms with E-state index in [9.17, 15) is 17.3 Å². The zero-order valence-corrected chi connectivity index (χ0v) is 25.6. The highest BCUT2D eigenvalue weighted by Crippen LogP contribution is 2.17. The second-order valence-electron chi connectivity index (χ2n) is 11.7. The largest absolute Gasteiger partial charge is 0.673 e. The smallest absolute Gasteiger partial charge is 0.418 e. The van der Waals surface area contributed by atoms with Gasteiger partial charge in [0, 0.05) is 0 Å². The summed E-state index contributed by atoms with van der Waals surface area (Å²) in [5.74, 6) is 0. The number of hydrogen-bond donors (Lipinski definition) is 0. The number of hydrogen-bond acceptors (Lipinski definition) is 0. The van der Waals surface area contributed by atoms with Gasteiger partial charge in [-0.1, -0.05) is 136 Å². The number of unbranched alkanes of at least 4 members (excludes halogenated alkanes) is 21. The standard InChI is InChI=1S/C31H66N.BF4/c1-5-8-11-14-17-20-23-26-29-32(4,30-27-24-21-18-15-12-9-6-2)31-28-25-22-19-16-13-10-7-3;2-1(3,4)5/h5-31H2,1-4H3;/q+1;-1. The average molecular weight is 540 g/mol. The lowest BCUT2D eigenvalue weighted by atomic mass is 10.1. The molecule has 0 amide bonds. The summed E-state index contributed by atoms with van der Waals surface area (Å²) in [5, 5.41) is 0. The summed E-state index contributed by atoms with van der Waals surface area (Å²) in [6.45, 7) is 11.2. The molecule has 0 bridgehead atoms. The molecular weight excluding hydrogens is 473 g/mol. The van der Waals surface area contributed by atoms with Crippen molar-refractivity contribution < 1.29 is 21.7 Å². The zero-order chi connectivity index (χ0) is 28.1. The molecule has 37 heavy (non-hydrogen) atoms. The molecule has 6 heteroatoms. The summed E-state index contributed by atoms with van der Waals surface area (Å²) in [7, 11) is -3.41. The fourth-order valence-corrected chi connectivity index (χ4v) is 5.22. The van der Waals surface area contributed by atoms with Crippen molar-refractivity contribution in [3.8, 4) is 0 Å². The van der Waals surface area contributed by atoms with Crippen molar-refractivity contribution in [2.45, 2.75) is 175 Å². The van der Waals surface area contributed by atoms with Crippen LogP contribution in [0.15, 0.2) is 0 Å². The molecule has 0 atom stereocenters. The summed E-state index contributed by atoms with van der Waals surface area (Å²) in [5.41, 5.74) is 0. The molecule has 0 N–H and O–H groups in total. The molecule has 0 saturated carbocycles. The van der Waals surface area contributed by atoms with Crippen LogP contribution in [0.5, 0.6) is 0 Å².